The molecule has 0 aliphatic carbocycles. The van der Waals surface area contributed by atoms with Crippen LogP contribution in [0.15, 0.2) is 0 Å². The van der Waals surface area contributed by atoms with Crippen molar-refractivity contribution in [3.63, 3.8) is 0 Å². The molecule has 0 aliphatic heterocycles. The fourth-order valence-electron chi connectivity index (χ4n) is 6.04. The van der Waals surface area contributed by atoms with Crippen molar-refractivity contribution in [3.8, 4) is 0 Å². The molecule has 8 heteroatoms. The summed E-state index contributed by atoms with van der Waals surface area (Å²) in [7, 11) is -6.03. The summed E-state index contributed by atoms with van der Waals surface area (Å²) >= 11 is 0. The Morgan fingerprint density at radius 1 is 0.500 bits per heavy atom. The SMILES string of the molecule is CCCCCC(CC)(C(CC)[Si](OCC)(OCC)OCC)C(CC)[Si](OCC)(OCC)OCC. The van der Waals surface area contributed by atoms with E-state index in [4.69, 9.17) is 26.6 Å². The highest BCUT2D eigenvalue weighted by Gasteiger charge is 2.65. The van der Waals surface area contributed by atoms with E-state index in [0.717, 1.165) is 32.1 Å². The number of hydrogen-bond acceptors (Lipinski definition) is 6. The maximum absolute atomic E-state index is 6.55. The molecule has 0 heterocycles. The second kappa shape index (κ2) is 18.4. The average Bonchev–Trinajstić information content (AvgIpc) is 2.80. The summed E-state index contributed by atoms with van der Waals surface area (Å²) in [5.41, 5.74) is 0.149. The van der Waals surface area contributed by atoms with Crippen molar-refractivity contribution in [3.05, 3.63) is 0 Å². The van der Waals surface area contributed by atoms with E-state index < -0.39 is 17.6 Å². The monoisotopic (exact) mass is 522 g/mol. The van der Waals surface area contributed by atoms with Crippen LogP contribution in [-0.2, 0) is 26.6 Å². The van der Waals surface area contributed by atoms with E-state index >= 15 is 0 Å². The van der Waals surface area contributed by atoms with E-state index in [1.807, 2.05) is 41.5 Å². The van der Waals surface area contributed by atoms with Gasteiger partial charge < -0.3 is 26.6 Å². The lowest BCUT2D eigenvalue weighted by Crippen LogP contribution is -2.61. The minimum absolute atomic E-state index is 0.129. The first-order valence-corrected chi connectivity index (χ1v) is 17.8. The molecule has 6 nitrogen and oxygen atoms in total. The minimum Gasteiger partial charge on any atom is -0.374 e. The molecule has 0 aromatic rings. The first kappa shape index (κ1) is 34.2. The zero-order chi connectivity index (χ0) is 26.1. The van der Waals surface area contributed by atoms with Crippen LogP contribution in [0.2, 0.25) is 11.1 Å². The number of hydrogen-bond donors (Lipinski definition) is 0. The van der Waals surface area contributed by atoms with E-state index in [1.54, 1.807) is 0 Å². The normalized spacial score (nSPS) is 16.4. The standard InChI is InChI=1S/C26H58O6Si2/c1-11-21-22-23-26(14-4,24(12-2)33(27-15-5,28-16-6)29-17-7)25(13-3)34(30-18-8,31-19-9)32-20-10/h24-25H,11-23H2,1-10H3. The van der Waals surface area contributed by atoms with Gasteiger partial charge in [-0.3, -0.25) is 0 Å². The maximum atomic E-state index is 6.55. The molecule has 0 saturated heterocycles. The molecule has 0 spiro atoms. The average molecular weight is 523 g/mol. The van der Waals surface area contributed by atoms with Gasteiger partial charge in [-0.1, -0.05) is 47.0 Å². The molecule has 0 bridgehead atoms. The van der Waals surface area contributed by atoms with Crippen molar-refractivity contribution < 1.29 is 26.6 Å². The Balaban J connectivity index is 7.13. The molecule has 2 atom stereocenters. The Bertz CT molecular complexity index is 426. The molecule has 0 amide bonds. The van der Waals surface area contributed by atoms with Crippen LogP contribution in [-0.4, -0.2) is 57.3 Å². The molecule has 206 valence electrons. The molecule has 2 unspecified atom stereocenters. The molecule has 0 aromatic heterocycles. The third-order valence-electron chi connectivity index (χ3n) is 7.04. The summed E-state index contributed by atoms with van der Waals surface area (Å²) in [6.45, 7) is 24.9. The lowest BCUT2D eigenvalue weighted by Gasteiger charge is -2.53. The molecular weight excluding hydrogens is 464 g/mol. The summed E-state index contributed by atoms with van der Waals surface area (Å²) in [5.74, 6) is 0. The van der Waals surface area contributed by atoms with Crippen LogP contribution in [0.1, 0.15) is 114 Å². The highest BCUT2D eigenvalue weighted by molar-refractivity contribution is 6.65. The molecule has 0 aromatic carbocycles. The highest BCUT2D eigenvalue weighted by atomic mass is 28.4. The Kier molecular flexibility index (Phi) is 18.5. The van der Waals surface area contributed by atoms with E-state index in [0.29, 0.717) is 39.6 Å². The second-order valence-electron chi connectivity index (χ2n) is 8.77. The molecule has 0 radical (unpaired) electrons. The van der Waals surface area contributed by atoms with E-state index in [-0.39, 0.29) is 16.5 Å². The predicted octanol–water partition coefficient (Wildman–Crippen LogP) is 7.62. The predicted molar refractivity (Wildman–Crippen MR) is 146 cm³/mol. The maximum Gasteiger partial charge on any atom is 0.504 e. The Labute approximate surface area is 214 Å². The smallest absolute Gasteiger partial charge is 0.374 e. The minimum atomic E-state index is -3.01. The Morgan fingerprint density at radius 3 is 1.03 bits per heavy atom. The van der Waals surface area contributed by atoms with E-state index in [2.05, 4.69) is 27.7 Å². The zero-order valence-electron chi connectivity index (χ0n) is 24.3. The quantitative estimate of drug-likeness (QED) is 0.102. The third-order valence-corrected chi connectivity index (χ3v) is 14.9. The van der Waals surface area contributed by atoms with Crippen LogP contribution in [0.5, 0.6) is 0 Å². The topological polar surface area (TPSA) is 55.4 Å². The summed E-state index contributed by atoms with van der Waals surface area (Å²) in [6, 6.07) is 0. The molecule has 0 fully saturated rings. The molecule has 0 saturated carbocycles. The summed E-state index contributed by atoms with van der Waals surface area (Å²) in [4.78, 5) is 0. The zero-order valence-corrected chi connectivity index (χ0v) is 26.3. The van der Waals surface area contributed by atoms with Gasteiger partial charge in [0.1, 0.15) is 0 Å². The summed E-state index contributed by atoms with van der Waals surface area (Å²) in [5, 5.41) is 0. The third kappa shape index (κ3) is 8.37. The van der Waals surface area contributed by atoms with Crippen LogP contribution in [0.25, 0.3) is 0 Å². The number of rotatable bonds is 23. The van der Waals surface area contributed by atoms with Crippen molar-refractivity contribution in [2.75, 3.05) is 39.6 Å². The first-order valence-electron chi connectivity index (χ1n) is 14.2. The fraction of sp³-hybridized carbons (Fsp3) is 1.00. The van der Waals surface area contributed by atoms with Gasteiger partial charge in [0.05, 0.1) is 0 Å². The van der Waals surface area contributed by atoms with Crippen LogP contribution in [0.4, 0.5) is 0 Å². The van der Waals surface area contributed by atoms with Crippen LogP contribution in [0.3, 0.4) is 0 Å². The van der Waals surface area contributed by atoms with Gasteiger partial charge in [-0.2, -0.15) is 0 Å². The van der Waals surface area contributed by atoms with Crippen LogP contribution >= 0.6 is 0 Å². The van der Waals surface area contributed by atoms with Crippen LogP contribution in [0, 0.1) is 5.41 Å². The van der Waals surface area contributed by atoms with E-state index in [1.165, 1.54) is 12.8 Å². The van der Waals surface area contributed by atoms with Crippen molar-refractivity contribution in [1.29, 1.82) is 0 Å². The number of unbranched alkanes of at least 4 members (excludes halogenated alkanes) is 2. The molecular formula is C26H58O6Si2. The van der Waals surface area contributed by atoms with Gasteiger partial charge in [0.15, 0.2) is 0 Å². The van der Waals surface area contributed by atoms with Gasteiger partial charge in [0.25, 0.3) is 0 Å². The van der Waals surface area contributed by atoms with Crippen molar-refractivity contribution in [1.82, 2.24) is 0 Å². The van der Waals surface area contributed by atoms with Gasteiger partial charge in [-0.25, -0.2) is 0 Å². The van der Waals surface area contributed by atoms with Gasteiger partial charge in [0.2, 0.25) is 0 Å². The fourth-order valence-corrected chi connectivity index (χ4v) is 13.8. The van der Waals surface area contributed by atoms with Crippen LogP contribution < -0.4 is 0 Å². The van der Waals surface area contributed by atoms with Crippen molar-refractivity contribution >= 4 is 17.6 Å². The Hall–Kier alpha value is 0.194. The molecule has 34 heavy (non-hydrogen) atoms. The van der Waals surface area contributed by atoms with E-state index in [9.17, 15) is 0 Å². The molecule has 0 aliphatic rings. The lowest BCUT2D eigenvalue weighted by molar-refractivity contribution is 0.00447. The highest BCUT2D eigenvalue weighted by Crippen LogP contribution is 2.60. The molecule has 0 N–H and O–H groups in total. The van der Waals surface area contributed by atoms with Gasteiger partial charge in [0, 0.05) is 50.7 Å². The van der Waals surface area contributed by atoms with Gasteiger partial charge in [-0.05, 0) is 72.6 Å². The van der Waals surface area contributed by atoms with Crippen molar-refractivity contribution in [2.45, 2.75) is 125 Å². The largest absolute Gasteiger partial charge is 0.504 e. The Morgan fingerprint density at radius 2 is 0.824 bits per heavy atom. The summed E-state index contributed by atoms with van der Waals surface area (Å²) in [6.07, 6.45) is 7.45. The first-order chi connectivity index (χ1) is 16.4. The summed E-state index contributed by atoms with van der Waals surface area (Å²) < 4.78 is 39.3. The van der Waals surface area contributed by atoms with Gasteiger partial charge >= 0.3 is 17.6 Å². The van der Waals surface area contributed by atoms with Gasteiger partial charge in [-0.15, -0.1) is 0 Å². The molecule has 0 rings (SSSR count). The van der Waals surface area contributed by atoms with Crippen molar-refractivity contribution in [2.24, 2.45) is 5.41 Å². The second-order valence-corrected chi connectivity index (χ2v) is 14.3. The lowest BCUT2D eigenvalue weighted by atomic mass is 9.72.